The lowest BCUT2D eigenvalue weighted by Crippen LogP contribution is -2.59. The minimum Gasteiger partial charge on any atom is -0.467 e. The zero-order valence-corrected chi connectivity index (χ0v) is 15.0. The van der Waals surface area contributed by atoms with E-state index in [0.717, 1.165) is 7.11 Å². The van der Waals surface area contributed by atoms with Gasteiger partial charge in [-0.15, -0.1) is 0 Å². The van der Waals surface area contributed by atoms with Gasteiger partial charge in [0.15, 0.2) is 0 Å². The number of carbonyl (C=O) groups excluding carboxylic acids is 5. The number of fused-ring (bicyclic) bond motifs is 1. The quantitative estimate of drug-likeness (QED) is 0.307. The van der Waals surface area contributed by atoms with E-state index in [1.165, 1.54) is 12.3 Å². The molecule has 0 aliphatic carbocycles. The molecule has 2 aliphatic heterocycles. The highest BCUT2D eigenvalue weighted by atomic mass is 32.1. The number of piperidine rings is 1. The maximum absolute atomic E-state index is 12.8. The lowest BCUT2D eigenvalue weighted by atomic mass is 10.0. The molecule has 0 spiro atoms. The van der Waals surface area contributed by atoms with E-state index in [-0.39, 0.29) is 24.0 Å². The normalized spacial score (nSPS) is 20.7. The molecule has 1 aromatic heterocycles. The second-order valence-electron chi connectivity index (χ2n) is 5.92. The van der Waals surface area contributed by atoms with Gasteiger partial charge in [-0.1, -0.05) is 11.3 Å². The Balaban J connectivity index is 1.95. The van der Waals surface area contributed by atoms with E-state index >= 15 is 0 Å². The van der Waals surface area contributed by atoms with Gasteiger partial charge in [0.05, 0.1) is 17.6 Å². The number of thiophene rings is 1. The van der Waals surface area contributed by atoms with Crippen LogP contribution in [0, 0.1) is 10.1 Å². The van der Waals surface area contributed by atoms with Gasteiger partial charge in [-0.25, -0.2) is 4.79 Å². The summed E-state index contributed by atoms with van der Waals surface area (Å²) in [5, 5.41) is 11.8. The van der Waals surface area contributed by atoms with Gasteiger partial charge in [-0.05, 0) is 13.3 Å². The molecular formula is C15H13N3O8S. The molecule has 0 bridgehead atoms. The van der Waals surface area contributed by atoms with Crippen LogP contribution in [0.4, 0.5) is 5.00 Å². The molecule has 1 fully saturated rings. The molecule has 1 aromatic rings. The molecule has 12 heteroatoms. The highest BCUT2D eigenvalue weighted by Crippen LogP contribution is 2.38. The summed E-state index contributed by atoms with van der Waals surface area (Å²) >= 11 is 0.652. The van der Waals surface area contributed by atoms with Crippen molar-refractivity contribution in [1.82, 2.24) is 9.80 Å². The number of imide groups is 2. The van der Waals surface area contributed by atoms with E-state index < -0.39 is 51.6 Å². The third-order valence-corrected chi connectivity index (χ3v) is 5.41. The Hall–Kier alpha value is -3.15. The summed E-state index contributed by atoms with van der Waals surface area (Å²) in [5.41, 5.74) is -0.499. The van der Waals surface area contributed by atoms with E-state index in [9.17, 15) is 34.1 Å². The van der Waals surface area contributed by atoms with Gasteiger partial charge < -0.3 is 4.74 Å². The standard InChI is InChI=1S/C15H13N3O8S/c1-6(15(23)26-2)16-9(19)4-3-8(12(16)21)17-11(20)7-5-27-14(18(24)25)10(7)13(17)22/h5-6,8H,3-4H2,1-2H3. The number of esters is 1. The number of carbonyl (C=O) groups is 5. The summed E-state index contributed by atoms with van der Waals surface area (Å²) < 4.78 is 4.54. The van der Waals surface area contributed by atoms with E-state index in [2.05, 4.69) is 4.74 Å². The number of amides is 4. The predicted molar refractivity (Wildman–Crippen MR) is 87.8 cm³/mol. The van der Waals surface area contributed by atoms with Gasteiger partial charge in [-0.2, -0.15) is 0 Å². The first kappa shape index (κ1) is 18.6. The number of hydrogen-bond acceptors (Lipinski definition) is 9. The molecule has 0 saturated carbocycles. The fourth-order valence-electron chi connectivity index (χ4n) is 3.18. The van der Waals surface area contributed by atoms with Gasteiger partial charge >= 0.3 is 11.0 Å². The Bertz CT molecular complexity index is 907. The van der Waals surface area contributed by atoms with Crippen LogP contribution in [0.15, 0.2) is 5.38 Å². The fraction of sp³-hybridized carbons (Fsp3) is 0.400. The van der Waals surface area contributed by atoms with Crippen LogP contribution in [-0.4, -0.2) is 63.5 Å². The van der Waals surface area contributed by atoms with Crippen molar-refractivity contribution in [3.05, 3.63) is 26.6 Å². The van der Waals surface area contributed by atoms with E-state index in [0.29, 0.717) is 21.1 Å². The third-order valence-electron chi connectivity index (χ3n) is 4.48. The number of rotatable bonds is 4. The van der Waals surface area contributed by atoms with E-state index in [1.807, 2.05) is 0 Å². The van der Waals surface area contributed by atoms with Crippen LogP contribution in [0.25, 0.3) is 0 Å². The Morgan fingerprint density at radius 2 is 2.00 bits per heavy atom. The van der Waals surface area contributed by atoms with Gasteiger partial charge in [0.1, 0.15) is 17.6 Å². The van der Waals surface area contributed by atoms with Gasteiger partial charge in [0, 0.05) is 11.8 Å². The number of hydrogen-bond donors (Lipinski definition) is 0. The molecule has 1 saturated heterocycles. The van der Waals surface area contributed by atoms with Crippen molar-refractivity contribution in [3.63, 3.8) is 0 Å². The summed E-state index contributed by atoms with van der Waals surface area (Å²) in [6.45, 7) is 1.29. The Morgan fingerprint density at radius 1 is 1.33 bits per heavy atom. The van der Waals surface area contributed by atoms with Crippen molar-refractivity contribution in [3.8, 4) is 0 Å². The van der Waals surface area contributed by atoms with Gasteiger partial charge in [0.2, 0.25) is 5.91 Å². The van der Waals surface area contributed by atoms with E-state index in [4.69, 9.17) is 0 Å². The molecule has 2 atom stereocenters. The average molecular weight is 395 g/mol. The van der Waals surface area contributed by atoms with Crippen LogP contribution in [0.1, 0.15) is 40.5 Å². The Kier molecular flexibility index (Phi) is 4.51. The van der Waals surface area contributed by atoms with Crippen LogP contribution in [-0.2, 0) is 19.1 Å². The highest BCUT2D eigenvalue weighted by Gasteiger charge is 2.51. The van der Waals surface area contributed by atoms with Crippen LogP contribution in [0.2, 0.25) is 0 Å². The number of methoxy groups -OCH3 is 1. The fourth-order valence-corrected chi connectivity index (χ4v) is 4.03. The second kappa shape index (κ2) is 6.54. The minimum absolute atomic E-state index is 0.124. The number of ether oxygens (including phenoxy) is 1. The molecule has 3 heterocycles. The Morgan fingerprint density at radius 3 is 2.59 bits per heavy atom. The molecule has 0 N–H and O–H groups in total. The lowest BCUT2D eigenvalue weighted by molar-refractivity contribution is -0.380. The molecule has 0 aromatic carbocycles. The molecule has 2 aliphatic rings. The molecule has 142 valence electrons. The smallest absolute Gasteiger partial charge is 0.337 e. The first-order valence-corrected chi connectivity index (χ1v) is 8.66. The van der Waals surface area contributed by atoms with Crippen LogP contribution in [0.3, 0.4) is 0 Å². The van der Waals surface area contributed by atoms with Crippen molar-refractivity contribution in [2.24, 2.45) is 0 Å². The van der Waals surface area contributed by atoms with Crippen LogP contribution in [0.5, 0.6) is 0 Å². The van der Waals surface area contributed by atoms with Crippen molar-refractivity contribution >= 4 is 45.9 Å². The maximum atomic E-state index is 12.8. The summed E-state index contributed by atoms with van der Waals surface area (Å²) in [5.74, 6) is -4.15. The van der Waals surface area contributed by atoms with E-state index in [1.54, 1.807) is 0 Å². The zero-order chi connectivity index (χ0) is 20.0. The highest BCUT2D eigenvalue weighted by molar-refractivity contribution is 7.14. The van der Waals surface area contributed by atoms with Crippen molar-refractivity contribution < 1.29 is 33.6 Å². The van der Waals surface area contributed by atoms with Crippen LogP contribution >= 0.6 is 11.3 Å². The topological polar surface area (TPSA) is 144 Å². The molecule has 0 radical (unpaired) electrons. The average Bonchev–Trinajstić information content (AvgIpc) is 3.16. The second-order valence-corrected chi connectivity index (χ2v) is 6.78. The molecule has 11 nitrogen and oxygen atoms in total. The third kappa shape index (κ3) is 2.68. The van der Waals surface area contributed by atoms with Gasteiger partial charge in [-0.3, -0.25) is 39.1 Å². The monoisotopic (exact) mass is 395 g/mol. The first-order valence-electron chi connectivity index (χ1n) is 7.78. The molecule has 2 unspecified atom stereocenters. The lowest BCUT2D eigenvalue weighted by Gasteiger charge is -2.36. The van der Waals surface area contributed by atoms with Crippen molar-refractivity contribution in [1.29, 1.82) is 0 Å². The molecule has 3 rings (SSSR count). The number of nitrogens with zero attached hydrogens (tertiary/aromatic N) is 3. The maximum Gasteiger partial charge on any atom is 0.337 e. The van der Waals surface area contributed by atoms with Crippen LogP contribution < -0.4 is 0 Å². The summed E-state index contributed by atoms with van der Waals surface area (Å²) in [6.07, 6.45) is -0.301. The molecule has 27 heavy (non-hydrogen) atoms. The summed E-state index contributed by atoms with van der Waals surface area (Å²) in [7, 11) is 1.10. The largest absolute Gasteiger partial charge is 0.467 e. The summed E-state index contributed by atoms with van der Waals surface area (Å²) in [4.78, 5) is 73.5. The minimum atomic E-state index is -1.33. The first-order chi connectivity index (χ1) is 12.7. The van der Waals surface area contributed by atoms with Gasteiger partial charge in [0.25, 0.3) is 17.7 Å². The molecular weight excluding hydrogens is 382 g/mol. The zero-order valence-electron chi connectivity index (χ0n) is 14.2. The number of nitro groups is 1. The number of likely N-dealkylation sites (tertiary alicyclic amines) is 1. The molecule has 4 amide bonds. The van der Waals surface area contributed by atoms with Crippen molar-refractivity contribution in [2.45, 2.75) is 31.8 Å². The SMILES string of the molecule is COC(=O)C(C)N1C(=O)CCC(N2C(=O)c3csc([N+](=O)[O-])c3C2=O)C1=O. The van der Waals surface area contributed by atoms with Crippen molar-refractivity contribution in [2.75, 3.05) is 7.11 Å². The summed E-state index contributed by atoms with van der Waals surface area (Å²) in [6, 6.07) is -2.56. The predicted octanol–water partition coefficient (Wildman–Crippen LogP) is 0.331. The Labute approximate surface area is 155 Å².